The monoisotopic (exact) mass is 332 g/mol. The largest absolute Gasteiger partial charge is 0.392 e. The quantitative estimate of drug-likeness (QED) is 0.777. The molecular weight excluding hydrogens is 300 g/mol. The maximum absolute atomic E-state index is 12.4. The van der Waals surface area contributed by atoms with Crippen LogP contribution >= 0.6 is 0 Å². The summed E-state index contributed by atoms with van der Waals surface area (Å²) in [6.07, 6.45) is 9.36. The number of Topliss-reactive ketones (excluding diaryl/α,β-unsaturated/α-hetero) is 1. The third-order valence-electron chi connectivity index (χ3n) is 6.63. The molecule has 0 amide bonds. The third-order valence-corrected chi connectivity index (χ3v) is 6.63. The molecule has 1 unspecified atom stereocenters. The van der Waals surface area contributed by atoms with E-state index in [1.54, 1.807) is 0 Å². The standard InChI is InChI=1S/C21H32O3/c1-2-3-9-16-20-15(19(23)13-11-17(20)21(16)24)10-12-18(22)14-7-5-4-6-8-14/h14-20,22-23H,2-9,11,13H2,1H3/t15-,16?,17-,18+,19+,20-/m0/s1. The van der Waals surface area contributed by atoms with Gasteiger partial charge in [0.1, 0.15) is 11.9 Å². The number of aliphatic hydroxyl groups is 2. The average molecular weight is 332 g/mol. The summed E-state index contributed by atoms with van der Waals surface area (Å²) >= 11 is 0. The Bertz CT molecular complexity index is 497. The van der Waals surface area contributed by atoms with Crippen molar-refractivity contribution in [1.29, 1.82) is 0 Å². The molecule has 3 aliphatic carbocycles. The van der Waals surface area contributed by atoms with Gasteiger partial charge in [0.2, 0.25) is 0 Å². The Labute approximate surface area is 146 Å². The topological polar surface area (TPSA) is 57.5 Å². The molecule has 0 radical (unpaired) electrons. The van der Waals surface area contributed by atoms with Crippen LogP contribution in [0.1, 0.15) is 71.1 Å². The van der Waals surface area contributed by atoms with Crippen molar-refractivity contribution in [1.82, 2.24) is 0 Å². The van der Waals surface area contributed by atoms with E-state index in [0.29, 0.717) is 18.1 Å². The van der Waals surface area contributed by atoms with Crippen molar-refractivity contribution in [3.63, 3.8) is 0 Å². The molecular formula is C21H32O3. The lowest BCUT2D eigenvalue weighted by molar-refractivity contribution is -0.154. The summed E-state index contributed by atoms with van der Waals surface area (Å²) in [4.78, 5) is 12.4. The molecule has 0 aromatic rings. The van der Waals surface area contributed by atoms with Gasteiger partial charge in [-0.05, 0) is 43.9 Å². The molecule has 134 valence electrons. The van der Waals surface area contributed by atoms with Crippen LogP contribution in [-0.4, -0.2) is 28.2 Å². The molecule has 0 spiro atoms. The highest BCUT2D eigenvalue weighted by Crippen LogP contribution is 2.51. The molecule has 24 heavy (non-hydrogen) atoms. The van der Waals surface area contributed by atoms with Gasteiger partial charge in [-0.1, -0.05) is 50.9 Å². The van der Waals surface area contributed by atoms with Crippen LogP contribution in [0.5, 0.6) is 0 Å². The van der Waals surface area contributed by atoms with Crippen molar-refractivity contribution in [2.45, 2.75) is 83.3 Å². The smallest absolute Gasteiger partial charge is 0.139 e. The maximum atomic E-state index is 12.4. The van der Waals surface area contributed by atoms with E-state index in [-0.39, 0.29) is 23.7 Å². The maximum Gasteiger partial charge on any atom is 0.139 e. The van der Waals surface area contributed by atoms with Crippen LogP contribution in [0.15, 0.2) is 0 Å². The molecule has 0 saturated heterocycles. The number of hydrogen-bond acceptors (Lipinski definition) is 3. The molecule has 0 bridgehead atoms. The minimum absolute atomic E-state index is 0.0935. The molecule has 0 aromatic heterocycles. The van der Waals surface area contributed by atoms with Gasteiger partial charge in [-0.3, -0.25) is 4.79 Å². The summed E-state index contributed by atoms with van der Waals surface area (Å²) in [7, 11) is 0. The molecule has 3 heteroatoms. The van der Waals surface area contributed by atoms with E-state index < -0.39 is 12.2 Å². The molecule has 0 heterocycles. The van der Waals surface area contributed by atoms with E-state index in [0.717, 1.165) is 38.5 Å². The Morgan fingerprint density at radius 1 is 1.17 bits per heavy atom. The van der Waals surface area contributed by atoms with Crippen molar-refractivity contribution >= 4 is 5.78 Å². The number of carbonyl (C=O) groups is 1. The minimum atomic E-state index is -0.567. The molecule has 0 aromatic carbocycles. The fraction of sp³-hybridized carbons (Fsp3) is 0.857. The van der Waals surface area contributed by atoms with Gasteiger partial charge in [-0.25, -0.2) is 0 Å². The molecule has 3 fully saturated rings. The zero-order valence-corrected chi connectivity index (χ0v) is 14.9. The second kappa shape index (κ2) is 8.02. The highest BCUT2D eigenvalue weighted by molar-refractivity contribution is 5.90. The normalized spacial score (nSPS) is 37.8. The van der Waals surface area contributed by atoms with Crippen LogP contribution in [0.2, 0.25) is 0 Å². The van der Waals surface area contributed by atoms with E-state index >= 15 is 0 Å². The predicted octanol–water partition coefficient (Wildman–Crippen LogP) is 3.32. The number of hydrogen-bond donors (Lipinski definition) is 2. The molecule has 3 nitrogen and oxygen atoms in total. The van der Waals surface area contributed by atoms with Crippen molar-refractivity contribution in [3.05, 3.63) is 0 Å². The number of aliphatic hydroxyl groups excluding tert-OH is 2. The van der Waals surface area contributed by atoms with E-state index in [4.69, 9.17) is 0 Å². The van der Waals surface area contributed by atoms with Gasteiger partial charge < -0.3 is 10.2 Å². The van der Waals surface area contributed by atoms with Crippen LogP contribution < -0.4 is 0 Å². The van der Waals surface area contributed by atoms with Gasteiger partial charge in [-0.2, -0.15) is 0 Å². The summed E-state index contributed by atoms with van der Waals surface area (Å²) in [5, 5.41) is 20.8. The molecule has 3 saturated carbocycles. The van der Waals surface area contributed by atoms with Gasteiger partial charge in [0, 0.05) is 11.8 Å². The highest BCUT2D eigenvalue weighted by atomic mass is 16.3. The second-order valence-corrected chi connectivity index (χ2v) is 8.14. The zero-order chi connectivity index (χ0) is 17.1. The van der Waals surface area contributed by atoms with E-state index in [1.807, 2.05) is 0 Å². The third kappa shape index (κ3) is 3.55. The van der Waals surface area contributed by atoms with Crippen molar-refractivity contribution in [2.75, 3.05) is 0 Å². The highest BCUT2D eigenvalue weighted by Gasteiger charge is 2.55. The Morgan fingerprint density at radius 3 is 2.62 bits per heavy atom. The number of carbonyl (C=O) groups excluding carboxylic acids is 1. The summed E-state index contributed by atoms with van der Waals surface area (Å²) in [5.74, 6) is 7.29. The Hall–Kier alpha value is -0.850. The van der Waals surface area contributed by atoms with Crippen molar-refractivity contribution in [3.8, 4) is 11.8 Å². The van der Waals surface area contributed by atoms with Crippen LogP contribution in [0.3, 0.4) is 0 Å². The molecule has 6 atom stereocenters. The van der Waals surface area contributed by atoms with E-state index in [1.165, 1.54) is 19.3 Å². The van der Waals surface area contributed by atoms with Gasteiger partial charge >= 0.3 is 0 Å². The second-order valence-electron chi connectivity index (χ2n) is 8.14. The Morgan fingerprint density at radius 2 is 1.92 bits per heavy atom. The lowest BCUT2D eigenvalue weighted by Gasteiger charge is -2.50. The number of ketones is 1. The number of fused-ring (bicyclic) bond motifs is 1. The van der Waals surface area contributed by atoms with Crippen LogP contribution in [-0.2, 0) is 4.79 Å². The molecule has 3 rings (SSSR count). The van der Waals surface area contributed by atoms with Crippen LogP contribution in [0.25, 0.3) is 0 Å². The molecule has 2 N–H and O–H groups in total. The first-order valence-electron chi connectivity index (χ1n) is 10.0. The number of unbranched alkanes of at least 4 members (excludes halogenated alkanes) is 1. The van der Waals surface area contributed by atoms with E-state index in [9.17, 15) is 15.0 Å². The van der Waals surface area contributed by atoms with Crippen molar-refractivity contribution < 1.29 is 15.0 Å². The van der Waals surface area contributed by atoms with Gasteiger partial charge in [0.25, 0.3) is 0 Å². The summed E-state index contributed by atoms with van der Waals surface area (Å²) in [6.45, 7) is 2.15. The van der Waals surface area contributed by atoms with Gasteiger partial charge in [0.05, 0.1) is 12.0 Å². The van der Waals surface area contributed by atoms with E-state index in [2.05, 4.69) is 18.8 Å². The Kier molecular flexibility index (Phi) is 6.00. The first kappa shape index (κ1) is 18.0. The summed E-state index contributed by atoms with van der Waals surface area (Å²) < 4.78 is 0. The predicted molar refractivity (Wildman–Crippen MR) is 94.1 cm³/mol. The lowest BCUT2D eigenvalue weighted by Crippen LogP contribution is -2.56. The molecule has 3 aliphatic rings. The fourth-order valence-corrected chi connectivity index (χ4v) is 5.14. The molecule has 0 aliphatic heterocycles. The Balaban J connectivity index is 1.68. The average Bonchev–Trinajstić information content (AvgIpc) is 2.61. The SMILES string of the molecule is CCCCC1C(=O)[C@H]2CC[C@@H](O)[C@H](C#C[C@@H](O)C3CCCCC3)[C@@H]12. The first-order valence-corrected chi connectivity index (χ1v) is 10.0. The van der Waals surface area contributed by atoms with Gasteiger partial charge in [0.15, 0.2) is 0 Å². The van der Waals surface area contributed by atoms with Crippen LogP contribution in [0, 0.1) is 41.4 Å². The van der Waals surface area contributed by atoms with Gasteiger partial charge in [-0.15, -0.1) is 0 Å². The number of rotatable bonds is 4. The summed E-state index contributed by atoms with van der Waals surface area (Å²) in [6, 6.07) is 0. The lowest BCUT2D eigenvalue weighted by atomic mass is 9.52. The van der Waals surface area contributed by atoms with Crippen LogP contribution in [0.4, 0.5) is 0 Å². The fourth-order valence-electron chi connectivity index (χ4n) is 5.14. The minimum Gasteiger partial charge on any atom is -0.392 e. The van der Waals surface area contributed by atoms with Crippen molar-refractivity contribution in [2.24, 2.45) is 29.6 Å². The first-order chi connectivity index (χ1) is 11.6. The zero-order valence-electron chi connectivity index (χ0n) is 14.9. The summed E-state index contributed by atoms with van der Waals surface area (Å²) in [5.41, 5.74) is 0.